The predicted molar refractivity (Wildman–Crippen MR) is 61.8 cm³/mol. The summed E-state index contributed by atoms with van der Waals surface area (Å²) < 4.78 is 0.798. The Morgan fingerprint density at radius 3 is 2.87 bits per heavy atom. The summed E-state index contributed by atoms with van der Waals surface area (Å²) in [6.07, 6.45) is 0. The summed E-state index contributed by atoms with van der Waals surface area (Å²) in [7, 11) is 1.83. The van der Waals surface area contributed by atoms with Crippen LogP contribution in [0.25, 0.3) is 0 Å². The molecule has 1 fully saturated rings. The Hall–Kier alpha value is -1.10. The molecule has 0 N–H and O–H groups in total. The van der Waals surface area contributed by atoms with Gasteiger partial charge in [0.1, 0.15) is 10.4 Å². The number of anilines is 1. The third-order valence-corrected chi connectivity index (χ3v) is 2.92. The number of nitrogens with zero attached hydrogens (tertiary/aromatic N) is 3. The van der Waals surface area contributed by atoms with E-state index in [-0.39, 0.29) is 5.91 Å². The van der Waals surface area contributed by atoms with Gasteiger partial charge in [0.15, 0.2) is 0 Å². The van der Waals surface area contributed by atoms with E-state index in [4.69, 9.17) is 0 Å². The van der Waals surface area contributed by atoms with Crippen molar-refractivity contribution in [3.63, 3.8) is 0 Å². The molecule has 1 amide bonds. The number of carbonyl (C=O) groups excluding carboxylic acids is 1. The number of piperazine rings is 1. The number of likely N-dealkylation sites (N-methyl/N-ethyl adjacent to an activating group) is 1. The van der Waals surface area contributed by atoms with E-state index in [1.54, 1.807) is 4.90 Å². The van der Waals surface area contributed by atoms with Crippen LogP contribution >= 0.6 is 15.9 Å². The monoisotopic (exact) mass is 269 g/mol. The Morgan fingerprint density at radius 2 is 2.20 bits per heavy atom. The predicted octanol–water partition coefficient (Wildman–Crippen LogP) is 1.12. The van der Waals surface area contributed by atoms with Crippen molar-refractivity contribution in [3.8, 4) is 0 Å². The van der Waals surface area contributed by atoms with Crippen LogP contribution in [0, 0.1) is 0 Å². The Morgan fingerprint density at radius 1 is 1.40 bits per heavy atom. The Bertz CT molecular complexity index is 383. The fourth-order valence-corrected chi connectivity index (χ4v) is 1.86. The first-order chi connectivity index (χ1) is 7.16. The van der Waals surface area contributed by atoms with E-state index in [9.17, 15) is 4.79 Å². The van der Waals surface area contributed by atoms with E-state index in [0.717, 1.165) is 23.5 Å². The summed E-state index contributed by atoms with van der Waals surface area (Å²) in [6.45, 7) is 2.01. The van der Waals surface area contributed by atoms with Crippen molar-refractivity contribution in [2.45, 2.75) is 0 Å². The lowest BCUT2D eigenvalue weighted by molar-refractivity contribution is -0.129. The Kier molecular flexibility index (Phi) is 2.90. The number of halogens is 1. The number of hydrogen-bond acceptors (Lipinski definition) is 3. The zero-order valence-electron chi connectivity index (χ0n) is 8.48. The Labute approximate surface area is 97.0 Å². The van der Waals surface area contributed by atoms with E-state index >= 15 is 0 Å². The van der Waals surface area contributed by atoms with Crippen LogP contribution in [0.3, 0.4) is 0 Å². The third kappa shape index (κ3) is 2.28. The van der Waals surface area contributed by atoms with Gasteiger partial charge in [-0.2, -0.15) is 0 Å². The van der Waals surface area contributed by atoms with Crippen LogP contribution in [0.15, 0.2) is 22.8 Å². The Balaban J connectivity index is 2.15. The number of hydrogen-bond donors (Lipinski definition) is 0. The number of aromatic nitrogens is 1. The second-order valence-corrected chi connectivity index (χ2v) is 4.37. The minimum atomic E-state index is 0.142. The molecule has 1 aromatic rings. The smallest absolute Gasteiger partial charge is 0.241 e. The van der Waals surface area contributed by atoms with Crippen molar-refractivity contribution >= 4 is 27.7 Å². The van der Waals surface area contributed by atoms with Crippen molar-refractivity contribution in [1.29, 1.82) is 0 Å². The third-order valence-electron chi connectivity index (χ3n) is 2.48. The number of carbonyl (C=O) groups is 1. The van der Waals surface area contributed by atoms with Crippen LogP contribution in [-0.2, 0) is 4.79 Å². The molecule has 0 unspecified atom stereocenters. The molecule has 15 heavy (non-hydrogen) atoms. The molecule has 4 nitrogen and oxygen atoms in total. The summed E-state index contributed by atoms with van der Waals surface area (Å²) in [4.78, 5) is 19.6. The van der Waals surface area contributed by atoms with Crippen molar-refractivity contribution in [1.82, 2.24) is 9.88 Å². The molecule has 0 saturated carbocycles. The fourth-order valence-electron chi connectivity index (χ4n) is 1.53. The van der Waals surface area contributed by atoms with E-state index in [1.807, 2.05) is 30.1 Å². The molecule has 2 heterocycles. The minimum absolute atomic E-state index is 0.142. The van der Waals surface area contributed by atoms with Gasteiger partial charge in [-0.05, 0) is 28.1 Å². The highest BCUT2D eigenvalue weighted by Crippen LogP contribution is 2.16. The molecule has 1 saturated heterocycles. The number of rotatable bonds is 1. The van der Waals surface area contributed by atoms with Gasteiger partial charge in [0.2, 0.25) is 5.91 Å². The molecule has 0 aromatic carbocycles. The lowest BCUT2D eigenvalue weighted by Crippen LogP contribution is -2.48. The van der Waals surface area contributed by atoms with Gasteiger partial charge in [-0.1, -0.05) is 6.07 Å². The summed E-state index contributed by atoms with van der Waals surface area (Å²) >= 11 is 3.32. The average Bonchev–Trinajstić information content (AvgIpc) is 2.22. The van der Waals surface area contributed by atoms with E-state index in [2.05, 4.69) is 20.9 Å². The molecule has 0 bridgehead atoms. The maximum Gasteiger partial charge on any atom is 0.241 e. The molecular weight excluding hydrogens is 258 g/mol. The van der Waals surface area contributed by atoms with Gasteiger partial charge in [-0.25, -0.2) is 4.98 Å². The zero-order chi connectivity index (χ0) is 10.8. The summed E-state index contributed by atoms with van der Waals surface area (Å²) in [5.74, 6) is 0.994. The van der Waals surface area contributed by atoms with Crippen LogP contribution in [0.1, 0.15) is 0 Å². The molecule has 5 heteroatoms. The highest BCUT2D eigenvalue weighted by Gasteiger charge is 2.21. The molecule has 1 aliphatic rings. The van der Waals surface area contributed by atoms with Gasteiger partial charge in [0, 0.05) is 20.1 Å². The van der Waals surface area contributed by atoms with Gasteiger partial charge in [0.05, 0.1) is 6.54 Å². The molecular formula is C10H12BrN3O. The van der Waals surface area contributed by atoms with Crippen molar-refractivity contribution in [3.05, 3.63) is 22.8 Å². The molecule has 1 aromatic heterocycles. The summed E-state index contributed by atoms with van der Waals surface area (Å²) in [6, 6.07) is 5.72. The van der Waals surface area contributed by atoms with Crippen LogP contribution in [0.2, 0.25) is 0 Å². The number of amides is 1. The first-order valence-electron chi connectivity index (χ1n) is 4.78. The maximum absolute atomic E-state index is 11.5. The number of pyridine rings is 1. The van der Waals surface area contributed by atoms with Crippen molar-refractivity contribution in [2.24, 2.45) is 0 Å². The van der Waals surface area contributed by atoms with Crippen molar-refractivity contribution < 1.29 is 4.79 Å². The maximum atomic E-state index is 11.5. The lowest BCUT2D eigenvalue weighted by atomic mass is 10.3. The lowest BCUT2D eigenvalue weighted by Gasteiger charge is -2.32. The minimum Gasteiger partial charge on any atom is -0.345 e. The van der Waals surface area contributed by atoms with E-state index in [0.29, 0.717) is 6.54 Å². The molecule has 1 aliphatic heterocycles. The average molecular weight is 270 g/mol. The highest BCUT2D eigenvalue weighted by atomic mass is 79.9. The first kappa shape index (κ1) is 10.4. The summed E-state index contributed by atoms with van der Waals surface area (Å²) in [5.41, 5.74) is 0. The molecule has 2 rings (SSSR count). The van der Waals surface area contributed by atoms with Gasteiger partial charge in [-0.15, -0.1) is 0 Å². The normalized spacial score (nSPS) is 17.1. The summed E-state index contributed by atoms with van der Waals surface area (Å²) in [5, 5.41) is 0. The van der Waals surface area contributed by atoms with E-state index < -0.39 is 0 Å². The quantitative estimate of drug-likeness (QED) is 0.718. The van der Waals surface area contributed by atoms with Gasteiger partial charge in [-0.3, -0.25) is 4.79 Å². The van der Waals surface area contributed by atoms with Crippen LogP contribution in [0.5, 0.6) is 0 Å². The van der Waals surface area contributed by atoms with Gasteiger partial charge >= 0.3 is 0 Å². The fraction of sp³-hybridized carbons (Fsp3) is 0.400. The molecule has 80 valence electrons. The van der Waals surface area contributed by atoms with E-state index in [1.165, 1.54) is 0 Å². The standard InChI is InChI=1S/C10H12BrN3O/c1-13-5-6-14(7-10(13)15)9-4-2-3-8(11)12-9/h2-4H,5-7H2,1H3. The van der Waals surface area contributed by atoms with Gasteiger partial charge < -0.3 is 9.80 Å². The molecule has 0 radical (unpaired) electrons. The van der Waals surface area contributed by atoms with Crippen LogP contribution in [-0.4, -0.2) is 42.5 Å². The molecule has 0 aliphatic carbocycles. The van der Waals surface area contributed by atoms with Crippen LogP contribution in [0.4, 0.5) is 5.82 Å². The molecule has 0 spiro atoms. The zero-order valence-corrected chi connectivity index (χ0v) is 10.1. The van der Waals surface area contributed by atoms with Crippen molar-refractivity contribution in [2.75, 3.05) is 31.6 Å². The topological polar surface area (TPSA) is 36.4 Å². The second kappa shape index (κ2) is 4.18. The second-order valence-electron chi connectivity index (χ2n) is 3.56. The van der Waals surface area contributed by atoms with Crippen LogP contribution < -0.4 is 4.90 Å². The highest BCUT2D eigenvalue weighted by molar-refractivity contribution is 9.10. The van der Waals surface area contributed by atoms with Gasteiger partial charge in [0.25, 0.3) is 0 Å². The molecule has 0 atom stereocenters. The SMILES string of the molecule is CN1CCN(c2cccc(Br)n2)CC1=O. The largest absolute Gasteiger partial charge is 0.345 e. The first-order valence-corrected chi connectivity index (χ1v) is 5.57.